The summed E-state index contributed by atoms with van der Waals surface area (Å²) in [6.07, 6.45) is 2.67. The van der Waals surface area contributed by atoms with Crippen LogP contribution in [-0.4, -0.2) is 52.9 Å². The number of carbonyl (C=O) groups is 2. The zero-order valence-electron chi connectivity index (χ0n) is 21.8. The molecular weight excluding hydrogens is 454 g/mol. The Morgan fingerprint density at radius 3 is 2.36 bits per heavy atom. The van der Waals surface area contributed by atoms with E-state index in [2.05, 4.69) is 37.1 Å². The lowest BCUT2D eigenvalue weighted by atomic mass is 10.1. The Hall–Kier alpha value is -3.61. The fraction of sp³-hybridized carbons (Fsp3) is 0.414. The van der Waals surface area contributed by atoms with E-state index in [-0.39, 0.29) is 18.0 Å². The highest BCUT2D eigenvalue weighted by Gasteiger charge is 2.25. The van der Waals surface area contributed by atoms with Crippen LogP contribution in [0.2, 0.25) is 0 Å². The Labute approximate surface area is 213 Å². The van der Waals surface area contributed by atoms with Crippen LogP contribution < -0.4 is 4.74 Å². The van der Waals surface area contributed by atoms with Crippen LogP contribution in [0.15, 0.2) is 42.5 Å². The van der Waals surface area contributed by atoms with Crippen LogP contribution in [0.25, 0.3) is 5.69 Å². The lowest BCUT2D eigenvalue weighted by molar-refractivity contribution is -0.140. The molecule has 1 fully saturated rings. The van der Waals surface area contributed by atoms with Crippen molar-refractivity contribution in [3.05, 3.63) is 76.1 Å². The molecule has 0 bridgehead atoms. The van der Waals surface area contributed by atoms with Crippen molar-refractivity contribution in [1.29, 1.82) is 0 Å². The molecule has 2 aromatic carbocycles. The van der Waals surface area contributed by atoms with E-state index in [0.29, 0.717) is 31.5 Å². The fourth-order valence-electron chi connectivity index (χ4n) is 4.74. The third-order valence-corrected chi connectivity index (χ3v) is 6.97. The van der Waals surface area contributed by atoms with E-state index < -0.39 is 0 Å². The summed E-state index contributed by atoms with van der Waals surface area (Å²) in [5, 5.41) is 4.66. The number of rotatable bonds is 7. The number of carbonyl (C=O) groups excluding carboxylic acids is 2. The van der Waals surface area contributed by atoms with Crippen LogP contribution in [0.1, 0.15) is 57.7 Å². The van der Waals surface area contributed by atoms with Crippen molar-refractivity contribution in [3.63, 3.8) is 0 Å². The maximum absolute atomic E-state index is 13.1. The Balaban J connectivity index is 1.37. The minimum Gasteiger partial charge on any atom is -0.490 e. The number of methoxy groups -OCH3 is 1. The topological polar surface area (TPSA) is 73.7 Å². The van der Waals surface area contributed by atoms with Crippen LogP contribution in [0.4, 0.5) is 0 Å². The van der Waals surface area contributed by atoms with E-state index in [0.717, 1.165) is 46.8 Å². The highest BCUT2D eigenvalue weighted by molar-refractivity contribution is 5.94. The minimum atomic E-state index is -0.231. The van der Waals surface area contributed by atoms with Gasteiger partial charge in [0.1, 0.15) is 11.9 Å². The molecule has 1 amide bonds. The third-order valence-electron chi connectivity index (χ3n) is 6.97. The molecule has 4 rings (SSSR count). The first-order valence-electron chi connectivity index (χ1n) is 12.5. The molecule has 1 aromatic heterocycles. The zero-order chi connectivity index (χ0) is 25.8. The number of ether oxygens (including phenoxy) is 2. The van der Waals surface area contributed by atoms with E-state index in [9.17, 15) is 9.59 Å². The summed E-state index contributed by atoms with van der Waals surface area (Å²) in [4.78, 5) is 26.6. The molecule has 0 aliphatic carbocycles. The molecule has 0 saturated carbocycles. The van der Waals surface area contributed by atoms with Gasteiger partial charge in [0.05, 0.1) is 18.5 Å². The Bertz CT molecular complexity index is 1240. The van der Waals surface area contributed by atoms with Gasteiger partial charge < -0.3 is 14.4 Å². The summed E-state index contributed by atoms with van der Waals surface area (Å²) in [7, 11) is 1.40. The van der Waals surface area contributed by atoms with Crippen molar-refractivity contribution < 1.29 is 19.1 Å². The fourth-order valence-corrected chi connectivity index (χ4v) is 4.74. The summed E-state index contributed by atoms with van der Waals surface area (Å²) in [5.74, 6) is 0.747. The average Bonchev–Trinajstić information content (AvgIpc) is 3.17. The molecule has 2 heterocycles. The van der Waals surface area contributed by atoms with Gasteiger partial charge in [-0.05, 0) is 81.1 Å². The number of amides is 1. The van der Waals surface area contributed by atoms with Gasteiger partial charge in [-0.3, -0.25) is 9.59 Å². The summed E-state index contributed by atoms with van der Waals surface area (Å²) >= 11 is 0. The lowest BCUT2D eigenvalue weighted by Crippen LogP contribution is -2.41. The largest absolute Gasteiger partial charge is 0.490 e. The monoisotopic (exact) mass is 489 g/mol. The third kappa shape index (κ3) is 5.61. The van der Waals surface area contributed by atoms with Gasteiger partial charge >= 0.3 is 5.97 Å². The molecular formula is C29H35N3O4. The van der Waals surface area contributed by atoms with Crippen LogP contribution in [0.3, 0.4) is 0 Å². The normalized spacial score (nSPS) is 14.1. The number of aromatic nitrogens is 2. The predicted octanol–water partition coefficient (Wildman–Crippen LogP) is 4.90. The second kappa shape index (κ2) is 11.0. The lowest BCUT2D eigenvalue weighted by Gasteiger charge is -2.32. The minimum absolute atomic E-state index is 0.0406. The predicted molar refractivity (Wildman–Crippen MR) is 139 cm³/mol. The molecule has 3 aromatic rings. The van der Waals surface area contributed by atoms with Crippen molar-refractivity contribution in [2.24, 2.45) is 0 Å². The maximum atomic E-state index is 13.1. The Kier molecular flexibility index (Phi) is 7.77. The molecule has 1 aliphatic heterocycles. The van der Waals surface area contributed by atoms with Crippen LogP contribution in [0.5, 0.6) is 5.75 Å². The number of piperidine rings is 1. The van der Waals surface area contributed by atoms with E-state index in [1.54, 1.807) is 0 Å². The summed E-state index contributed by atoms with van der Waals surface area (Å²) in [6.45, 7) is 9.43. The molecule has 0 atom stereocenters. The highest BCUT2D eigenvalue weighted by atomic mass is 16.5. The van der Waals surface area contributed by atoms with Crippen LogP contribution >= 0.6 is 0 Å². The molecule has 0 radical (unpaired) electrons. The molecule has 1 saturated heterocycles. The quantitative estimate of drug-likeness (QED) is 0.442. The smallest absolute Gasteiger partial charge is 0.305 e. The Morgan fingerprint density at radius 2 is 1.69 bits per heavy atom. The Morgan fingerprint density at radius 1 is 1.00 bits per heavy atom. The van der Waals surface area contributed by atoms with E-state index >= 15 is 0 Å². The average molecular weight is 490 g/mol. The van der Waals surface area contributed by atoms with Crippen molar-refractivity contribution >= 4 is 11.9 Å². The molecule has 1 aliphatic rings. The number of hydrogen-bond donors (Lipinski definition) is 0. The summed E-state index contributed by atoms with van der Waals surface area (Å²) < 4.78 is 12.9. The molecule has 7 nitrogen and oxygen atoms in total. The highest BCUT2D eigenvalue weighted by Crippen LogP contribution is 2.25. The van der Waals surface area contributed by atoms with Gasteiger partial charge in [0.25, 0.3) is 5.91 Å². The number of nitrogens with zero attached hydrogens (tertiary/aromatic N) is 3. The van der Waals surface area contributed by atoms with Gasteiger partial charge in [-0.15, -0.1) is 0 Å². The summed E-state index contributed by atoms with van der Waals surface area (Å²) in [6, 6.07) is 13.8. The molecule has 0 spiro atoms. The van der Waals surface area contributed by atoms with Gasteiger partial charge in [-0.2, -0.15) is 5.10 Å². The van der Waals surface area contributed by atoms with Crippen molar-refractivity contribution in [1.82, 2.24) is 14.7 Å². The zero-order valence-corrected chi connectivity index (χ0v) is 21.8. The first-order chi connectivity index (χ1) is 17.3. The molecule has 0 unspecified atom stereocenters. The number of esters is 1. The second-order valence-corrected chi connectivity index (χ2v) is 9.56. The number of benzene rings is 2. The molecule has 190 valence electrons. The van der Waals surface area contributed by atoms with Gasteiger partial charge in [0, 0.05) is 43.6 Å². The number of aryl methyl sites for hydroxylation is 3. The van der Waals surface area contributed by atoms with Gasteiger partial charge in [0.2, 0.25) is 0 Å². The maximum Gasteiger partial charge on any atom is 0.305 e. The van der Waals surface area contributed by atoms with Crippen molar-refractivity contribution in [2.45, 2.75) is 59.5 Å². The number of likely N-dealkylation sites (tertiary alicyclic amines) is 1. The second-order valence-electron chi connectivity index (χ2n) is 9.56. The first kappa shape index (κ1) is 25.5. The van der Waals surface area contributed by atoms with E-state index in [1.165, 1.54) is 12.7 Å². The molecule has 36 heavy (non-hydrogen) atoms. The van der Waals surface area contributed by atoms with Gasteiger partial charge in [-0.25, -0.2) is 4.68 Å². The number of hydrogen-bond acceptors (Lipinski definition) is 5. The van der Waals surface area contributed by atoms with Gasteiger partial charge in [0.15, 0.2) is 0 Å². The van der Waals surface area contributed by atoms with Gasteiger partial charge in [-0.1, -0.05) is 12.1 Å². The first-order valence-corrected chi connectivity index (χ1v) is 12.5. The van der Waals surface area contributed by atoms with E-state index in [4.69, 9.17) is 9.47 Å². The van der Waals surface area contributed by atoms with Crippen LogP contribution in [-0.2, 0) is 16.0 Å². The SMILES string of the molecule is COC(=O)CCc1c(C)nn(-c2ccc(C(=O)N3CCC(Oc4cc(C)ccc4C)CC3)cc2)c1C. The molecule has 7 heteroatoms. The van der Waals surface area contributed by atoms with Crippen molar-refractivity contribution in [2.75, 3.05) is 20.2 Å². The van der Waals surface area contributed by atoms with E-state index in [1.807, 2.05) is 47.7 Å². The molecule has 0 N–H and O–H groups in total. The van der Waals surface area contributed by atoms with Crippen molar-refractivity contribution in [3.8, 4) is 11.4 Å². The van der Waals surface area contributed by atoms with Crippen LogP contribution in [0, 0.1) is 27.7 Å². The standard InChI is InChI=1S/C29H35N3O4/c1-19-6-7-20(2)27(18-19)36-25-14-16-31(17-15-25)29(34)23-8-10-24(11-9-23)32-22(4)26(21(3)30-32)12-13-28(33)35-5/h6-11,18,25H,12-17H2,1-5H3. The summed E-state index contributed by atoms with van der Waals surface area (Å²) in [5.41, 5.74) is 6.80.